The number of nitro benzene ring substituents is 1. The molecule has 1 unspecified atom stereocenters. The predicted molar refractivity (Wildman–Crippen MR) is 52.2 cm³/mol. The largest absolute Gasteiger partial charge is 0.505 e. The Morgan fingerprint density at radius 2 is 2.27 bits per heavy atom. The van der Waals surface area contributed by atoms with Gasteiger partial charge in [0.2, 0.25) is 0 Å². The minimum absolute atomic E-state index is 0.157. The molecule has 0 aromatic heterocycles. The van der Waals surface area contributed by atoms with Crippen molar-refractivity contribution in [1.29, 1.82) is 0 Å². The van der Waals surface area contributed by atoms with E-state index in [0.717, 1.165) is 6.07 Å². The summed E-state index contributed by atoms with van der Waals surface area (Å²) >= 11 is 0. The number of nitro groups is 1. The molecule has 0 amide bonds. The van der Waals surface area contributed by atoms with Crippen LogP contribution in [-0.2, 0) is 0 Å². The van der Waals surface area contributed by atoms with Gasteiger partial charge in [-0.3, -0.25) is 10.1 Å². The van der Waals surface area contributed by atoms with Gasteiger partial charge in [-0.15, -0.1) is 0 Å². The van der Waals surface area contributed by atoms with Crippen molar-refractivity contribution in [2.75, 3.05) is 6.54 Å². The van der Waals surface area contributed by atoms with Crippen molar-refractivity contribution < 1.29 is 14.4 Å². The average molecular weight is 214 g/mol. The highest BCUT2D eigenvalue weighted by Crippen LogP contribution is 2.31. The first-order chi connectivity index (χ1) is 6.97. The van der Waals surface area contributed by atoms with Gasteiger partial charge in [0.25, 0.3) is 5.69 Å². The summed E-state index contributed by atoms with van der Waals surface area (Å²) < 4.78 is 13.1. The molecule has 0 saturated heterocycles. The van der Waals surface area contributed by atoms with Gasteiger partial charge >= 0.3 is 0 Å². The monoisotopic (exact) mass is 214 g/mol. The highest BCUT2D eigenvalue weighted by Gasteiger charge is 2.19. The second-order valence-corrected chi connectivity index (χ2v) is 3.26. The second-order valence-electron chi connectivity index (χ2n) is 3.26. The van der Waals surface area contributed by atoms with Gasteiger partial charge in [0.15, 0.2) is 11.6 Å². The van der Waals surface area contributed by atoms with Gasteiger partial charge in [-0.05, 0) is 12.5 Å². The molecule has 3 N–H and O–H groups in total. The third-order valence-corrected chi connectivity index (χ3v) is 2.17. The smallest absolute Gasteiger partial charge is 0.272 e. The molecule has 6 heteroatoms. The van der Waals surface area contributed by atoms with Gasteiger partial charge in [-0.25, -0.2) is 4.39 Å². The summed E-state index contributed by atoms with van der Waals surface area (Å²) in [6.07, 6.45) is 0. The van der Waals surface area contributed by atoms with Gasteiger partial charge < -0.3 is 10.8 Å². The second kappa shape index (κ2) is 4.22. The number of hydrogen-bond acceptors (Lipinski definition) is 4. The molecule has 0 radical (unpaired) electrons. The van der Waals surface area contributed by atoms with Crippen LogP contribution in [0.15, 0.2) is 12.1 Å². The topological polar surface area (TPSA) is 89.4 Å². The van der Waals surface area contributed by atoms with E-state index in [1.807, 2.05) is 0 Å². The minimum atomic E-state index is -1.00. The zero-order chi connectivity index (χ0) is 11.6. The Kier molecular flexibility index (Phi) is 3.21. The standard InChI is InChI=1S/C9H11FN2O3/c1-5(4-11)7-2-6(12(14)15)3-8(10)9(7)13/h2-3,5,13H,4,11H2,1H3. The van der Waals surface area contributed by atoms with Crippen LogP contribution in [0.5, 0.6) is 5.75 Å². The Balaban J connectivity index is 3.31. The van der Waals surface area contributed by atoms with E-state index in [9.17, 15) is 19.6 Å². The van der Waals surface area contributed by atoms with Crippen LogP contribution in [0, 0.1) is 15.9 Å². The van der Waals surface area contributed by atoms with Crippen molar-refractivity contribution >= 4 is 5.69 Å². The maximum absolute atomic E-state index is 13.1. The highest BCUT2D eigenvalue weighted by molar-refractivity contribution is 5.46. The number of nitrogens with two attached hydrogens (primary N) is 1. The first kappa shape index (κ1) is 11.4. The van der Waals surface area contributed by atoms with E-state index < -0.39 is 16.5 Å². The molecule has 1 atom stereocenters. The third-order valence-electron chi connectivity index (χ3n) is 2.17. The third kappa shape index (κ3) is 2.21. The molecule has 1 aromatic rings. The van der Waals surface area contributed by atoms with Crippen LogP contribution in [0.2, 0.25) is 0 Å². The van der Waals surface area contributed by atoms with Gasteiger partial charge in [0.05, 0.1) is 11.0 Å². The molecule has 82 valence electrons. The Labute approximate surface area is 85.5 Å². The Hall–Kier alpha value is -1.69. The molecule has 0 spiro atoms. The lowest BCUT2D eigenvalue weighted by molar-refractivity contribution is -0.385. The molecule has 0 aliphatic rings. The van der Waals surface area contributed by atoms with E-state index in [2.05, 4.69) is 0 Å². The fourth-order valence-electron chi connectivity index (χ4n) is 1.21. The van der Waals surface area contributed by atoms with E-state index >= 15 is 0 Å². The number of aromatic hydroxyl groups is 1. The normalized spacial score (nSPS) is 12.5. The highest BCUT2D eigenvalue weighted by atomic mass is 19.1. The van der Waals surface area contributed by atoms with Gasteiger partial charge in [-0.1, -0.05) is 6.92 Å². The van der Waals surface area contributed by atoms with E-state index in [0.29, 0.717) is 6.07 Å². The predicted octanol–water partition coefficient (Wildman–Crippen LogP) is 1.50. The Morgan fingerprint density at radius 3 is 2.73 bits per heavy atom. The molecule has 0 heterocycles. The summed E-state index contributed by atoms with van der Waals surface area (Å²) in [5, 5.41) is 19.8. The molecular formula is C9H11FN2O3. The summed E-state index contributed by atoms with van der Waals surface area (Å²) in [5.74, 6) is -1.91. The molecule has 1 aromatic carbocycles. The zero-order valence-corrected chi connectivity index (χ0v) is 8.11. The number of halogens is 1. The molecule has 0 aliphatic carbocycles. The zero-order valence-electron chi connectivity index (χ0n) is 8.11. The van der Waals surface area contributed by atoms with Gasteiger partial charge in [0, 0.05) is 11.6 Å². The number of hydrogen-bond donors (Lipinski definition) is 2. The number of rotatable bonds is 3. The lowest BCUT2D eigenvalue weighted by atomic mass is 9.99. The van der Waals surface area contributed by atoms with Crippen LogP contribution in [0.25, 0.3) is 0 Å². The number of phenols is 1. The lowest BCUT2D eigenvalue weighted by Gasteiger charge is -2.11. The number of benzene rings is 1. The van der Waals surface area contributed by atoms with E-state index in [-0.39, 0.29) is 23.7 Å². The fourth-order valence-corrected chi connectivity index (χ4v) is 1.21. The van der Waals surface area contributed by atoms with Crippen molar-refractivity contribution in [2.24, 2.45) is 5.73 Å². The summed E-state index contributed by atoms with van der Waals surface area (Å²) in [6.45, 7) is 1.83. The molecule has 5 nitrogen and oxygen atoms in total. The Morgan fingerprint density at radius 1 is 1.67 bits per heavy atom. The van der Waals surface area contributed by atoms with E-state index in [4.69, 9.17) is 5.73 Å². The van der Waals surface area contributed by atoms with Gasteiger partial charge in [-0.2, -0.15) is 0 Å². The fraction of sp³-hybridized carbons (Fsp3) is 0.333. The van der Waals surface area contributed by atoms with Crippen LogP contribution in [0.4, 0.5) is 10.1 Å². The minimum Gasteiger partial charge on any atom is -0.505 e. The maximum Gasteiger partial charge on any atom is 0.272 e. The van der Waals surface area contributed by atoms with Crippen molar-refractivity contribution in [1.82, 2.24) is 0 Å². The molecule has 0 bridgehead atoms. The number of phenolic OH excluding ortho intramolecular Hbond substituents is 1. The van der Waals surface area contributed by atoms with E-state index in [1.165, 1.54) is 0 Å². The van der Waals surface area contributed by atoms with Crippen molar-refractivity contribution in [3.63, 3.8) is 0 Å². The van der Waals surface area contributed by atoms with Crippen molar-refractivity contribution in [3.8, 4) is 5.75 Å². The summed E-state index contributed by atoms with van der Waals surface area (Å²) in [7, 11) is 0. The van der Waals surface area contributed by atoms with Crippen LogP contribution < -0.4 is 5.73 Å². The van der Waals surface area contributed by atoms with Crippen molar-refractivity contribution in [3.05, 3.63) is 33.6 Å². The van der Waals surface area contributed by atoms with Crippen molar-refractivity contribution in [2.45, 2.75) is 12.8 Å². The Bertz CT molecular complexity index is 395. The summed E-state index contributed by atoms with van der Waals surface area (Å²) in [5.41, 5.74) is 5.11. The first-order valence-corrected chi connectivity index (χ1v) is 4.34. The number of non-ortho nitro benzene ring substituents is 1. The molecular weight excluding hydrogens is 203 g/mol. The van der Waals surface area contributed by atoms with E-state index in [1.54, 1.807) is 6.92 Å². The van der Waals surface area contributed by atoms with Crippen LogP contribution >= 0.6 is 0 Å². The maximum atomic E-state index is 13.1. The molecule has 0 saturated carbocycles. The molecule has 15 heavy (non-hydrogen) atoms. The first-order valence-electron chi connectivity index (χ1n) is 4.34. The summed E-state index contributed by atoms with van der Waals surface area (Å²) in [6, 6.07) is 1.82. The lowest BCUT2D eigenvalue weighted by Crippen LogP contribution is -2.10. The number of nitrogens with zero attached hydrogens (tertiary/aromatic N) is 1. The van der Waals surface area contributed by atoms with Crippen LogP contribution in [-0.4, -0.2) is 16.6 Å². The van der Waals surface area contributed by atoms with Crippen LogP contribution in [0.3, 0.4) is 0 Å². The average Bonchev–Trinajstić information content (AvgIpc) is 2.20. The SMILES string of the molecule is CC(CN)c1cc([N+](=O)[O-])cc(F)c1O. The van der Waals surface area contributed by atoms with Gasteiger partial charge in [0.1, 0.15) is 0 Å². The van der Waals surface area contributed by atoms with Crippen LogP contribution in [0.1, 0.15) is 18.4 Å². The molecule has 0 aliphatic heterocycles. The molecule has 1 rings (SSSR count). The molecule has 0 fully saturated rings. The summed E-state index contributed by atoms with van der Waals surface area (Å²) in [4.78, 5) is 9.74. The quantitative estimate of drug-likeness (QED) is 0.589.